The third-order valence-corrected chi connectivity index (χ3v) is 1.78. The third kappa shape index (κ3) is 2.83. The van der Waals surface area contributed by atoms with Crippen molar-refractivity contribution in [3.63, 3.8) is 0 Å². The molecule has 1 aromatic carbocycles. The second kappa shape index (κ2) is 4.59. The van der Waals surface area contributed by atoms with Crippen molar-refractivity contribution < 1.29 is 23.6 Å². The van der Waals surface area contributed by atoms with Crippen molar-refractivity contribution >= 4 is 24.2 Å². The van der Waals surface area contributed by atoms with Gasteiger partial charge in [-0.1, -0.05) is 17.7 Å². The smallest absolute Gasteiger partial charge is 0.433 e. The van der Waals surface area contributed by atoms with E-state index in [2.05, 4.69) is 4.74 Å². The van der Waals surface area contributed by atoms with Crippen LogP contribution in [0.15, 0.2) is 18.2 Å². The van der Waals surface area contributed by atoms with E-state index in [0.717, 1.165) is 6.07 Å². The molecule has 3 nitrogen and oxygen atoms in total. The van der Waals surface area contributed by atoms with Crippen LogP contribution in [0.1, 0.15) is 0 Å². The summed E-state index contributed by atoms with van der Waals surface area (Å²) in [5.41, 5.74) is 0.0325. The molecule has 0 aliphatic rings. The highest BCUT2D eigenvalue weighted by Gasteiger charge is 2.15. The van der Waals surface area contributed by atoms with Gasteiger partial charge in [0, 0.05) is 0 Å². The molecule has 0 aliphatic carbocycles. The molecule has 1 aromatic rings. The summed E-state index contributed by atoms with van der Waals surface area (Å²) in [6.07, 6.45) is 0. The van der Waals surface area contributed by atoms with Gasteiger partial charge in [0.2, 0.25) is 0 Å². The topological polar surface area (TPSA) is 49.7 Å². The molecule has 0 bridgehead atoms. The molecule has 0 spiro atoms. The van der Waals surface area contributed by atoms with Crippen LogP contribution in [0.2, 0.25) is 5.02 Å². The van der Waals surface area contributed by atoms with E-state index in [9.17, 15) is 8.78 Å². The minimum atomic E-state index is -3.00. The summed E-state index contributed by atoms with van der Waals surface area (Å²) < 4.78 is 27.7. The average Bonchev–Trinajstić information content (AvgIpc) is 2.07. The predicted octanol–water partition coefficient (Wildman–Crippen LogP) is 0.621. The van der Waals surface area contributed by atoms with E-state index < -0.39 is 13.7 Å². The number of hydrogen-bond acceptors (Lipinski definition) is 3. The Morgan fingerprint density at radius 2 is 2.00 bits per heavy atom. The molecule has 0 aromatic heterocycles. The highest BCUT2D eigenvalue weighted by Crippen LogP contribution is 2.24. The van der Waals surface area contributed by atoms with Crippen LogP contribution in [-0.2, 0) is 0 Å². The minimum Gasteiger partial charge on any atom is -0.433 e. The SMILES string of the molecule is OB(O)c1ccc(Cl)c(OC(F)F)c1. The van der Waals surface area contributed by atoms with Crippen LogP contribution in [0.3, 0.4) is 0 Å². The summed E-state index contributed by atoms with van der Waals surface area (Å²) in [6, 6.07) is 3.58. The molecule has 0 radical (unpaired) electrons. The molecule has 1 rings (SSSR count). The normalized spacial score (nSPS) is 10.4. The Morgan fingerprint density at radius 3 is 2.50 bits per heavy atom. The van der Waals surface area contributed by atoms with E-state index in [-0.39, 0.29) is 16.2 Å². The van der Waals surface area contributed by atoms with Crippen molar-refractivity contribution in [1.29, 1.82) is 0 Å². The lowest BCUT2D eigenvalue weighted by molar-refractivity contribution is -0.0497. The summed E-state index contributed by atoms with van der Waals surface area (Å²) in [5, 5.41) is 17.5. The van der Waals surface area contributed by atoms with Crippen LogP contribution in [0, 0.1) is 0 Å². The Morgan fingerprint density at radius 1 is 1.36 bits per heavy atom. The zero-order chi connectivity index (χ0) is 10.7. The van der Waals surface area contributed by atoms with Crippen molar-refractivity contribution in [2.24, 2.45) is 0 Å². The third-order valence-electron chi connectivity index (χ3n) is 1.47. The molecule has 0 saturated heterocycles. The molecule has 14 heavy (non-hydrogen) atoms. The maximum atomic E-state index is 11.8. The Hall–Kier alpha value is -0.845. The maximum Gasteiger partial charge on any atom is 0.488 e. The van der Waals surface area contributed by atoms with E-state index in [0.29, 0.717) is 0 Å². The van der Waals surface area contributed by atoms with Crippen molar-refractivity contribution in [2.45, 2.75) is 6.61 Å². The van der Waals surface area contributed by atoms with Gasteiger partial charge in [0.15, 0.2) is 0 Å². The van der Waals surface area contributed by atoms with Gasteiger partial charge in [0.25, 0.3) is 0 Å². The van der Waals surface area contributed by atoms with Crippen LogP contribution in [0.25, 0.3) is 0 Å². The van der Waals surface area contributed by atoms with Crippen LogP contribution >= 0.6 is 11.6 Å². The summed E-state index contributed by atoms with van der Waals surface area (Å²) in [4.78, 5) is 0. The van der Waals surface area contributed by atoms with Gasteiger partial charge in [-0.15, -0.1) is 0 Å². The maximum absolute atomic E-state index is 11.8. The van der Waals surface area contributed by atoms with Crippen LogP contribution in [0.4, 0.5) is 8.78 Å². The highest BCUT2D eigenvalue weighted by atomic mass is 35.5. The van der Waals surface area contributed by atoms with Gasteiger partial charge in [-0.2, -0.15) is 8.78 Å². The van der Waals surface area contributed by atoms with Gasteiger partial charge < -0.3 is 14.8 Å². The zero-order valence-electron chi connectivity index (χ0n) is 6.82. The molecule has 0 aliphatic heterocycles. The lowest BCUT2D eigenvalue weighted by Crippen LogP contribution is -2.29. The zero-order valence-corrected chi connectivity index (χ0v) is 7.58. The van der Waals surface area contributed by atoms with Gasteiger partial charge in [0.1, 0.15) is 5.75 Å². The van der Waals surface area contributed by atoms with Gasteiger partial charge in [0.05, 0.1) is 5.02 Å². The Labute approximate surface area is 84.0 Å². The lowest BCUT2D eigenvalue weighted by atomic mass is 9.80. The molecule has 2 N–H and O–H groups in total. The second-order valence-electron chi connectivity index (χ2n) is 2.44. The van der Waals surface area contributed by atoms with Gasteiger partial charge >= 0.3 is 13.7 Å². The lowest BCUT2D eigenvalue weighted by Gasteiger charge is -2.08. The highest BCUT2D eigenvalue weighted by molar-refractivity contribution is 6.58. The van der Waals surface area contributed by atoms with Crippen molar-refractivity contribution in [3.8, 4) is 5.75 Å². The molecular formula is C7H6BClF2O3. The van der Waals surface area contributed by atoms with Gasteiger partial charge in [-0.25, -0.2) is 0 Å². The van der Waals surface area contributed by atoms with Gasteiger partial charge in [-0.05, 0) is 17.6 Å². The largest absolute Gasteiger partial charge is 0.488 e. The summed E-state index contributed by atoms with van der Waals surface area (Å²) in [5.74, 6) is -0.285. The fourth-order valence-corrected chi connectivity index (χ4v) is 1.03. The van der Waals surface area contributed by atoms with E-state index in [1.807, 2.05) is 0 Å². The van der Waals surface area contributed by atoms with E-state index in [1.165, 1.54) is 12.1 Å². The summed E-state index contributed by atoms with van der Waals surface area (Å²) >= 11 is 5.52. The molecule has 0 amide bonds. The molecule has 7 heteroatoms. The first-order valence-corrected chi connectivity index (χ1v) is 3.99. The quantitative estimate of drug-likeness (QED) is 0.737. The molecule has 0 atom stereocenters. The van der Waals surface area contributed by atoms with Crippen LogP contribution in [0.5, 0.6) is 5.75 Å². The minimum absolute atomic E-state index is 0.0188. The molecule has 0 fully saturated rings. The first-order valence-electron chi connectivity index (χ1n) is 3.61. The number of halogens is 3. The number of ether oxygens (including phenoxy) is 1. The average molecular weight is 222 g/mol. The first-order chi connectivity index (χ1) is 6.50. The monoisotopic (exact) mass is 222 g/mol. The van der Waals surface area contributed by atoms with Crippen LogP contribution < -0.4 is 10.2 Å². The molecule has 0 saturated carbocycles. The Kier molecular flexibility index (Phi) is 3.68. The summed E-state index contributed by atoms with van der Waals surface area (Å²) in [6.45, 7) is -3.00. The van der Waals surface area contributed by atoms with Crippen molar-refractivity contribution in [2.75, 3.05) is 0 Å². The van der Waals surface area contributed by atoms with Crippen molar-refractivity contribution in [3.05, 3.63) is 23.2 Å². The number of alkyl halides is 2. The van der Waals surface area contributed by atoms with E-state index in [4.69, 9.17) is 21.6 Å². The predicted molar refractivity (Wildman–Crippen MR) is 47.9 cm³/mol. The fourth-order valence-electron chi connectivity index (χ4n) is 0.867. The number of benzene rings is 1. The standard InChI is InChI=1S/C7H6BClF2O3/c9-5-2-1-4(8(12)13)3-6(5)14-7(10)11/h1-3,7,12-13H. The Balaban J connectivity index is 2.96. The molecule has 0 heterocycles. The second-order valence-corrected chi connectivity index (χ2v) is 2.85. The van der Waals surface area contributed by atoms with Gasteiger partial charge in [-0.3, -0.25) is 0 Å². The summed E-state index contributed by atoms with van der Waals surface area (Å²) in [7, 11) is -1.74. The number of hydrogen-bond donors (Lipinski definition) is 2. The fraction of sp³-hybridized carbons (Fsp3) is 0.143. The molecular weight excluding hydrogens is 216 g/mol. The first kappa shape index (κ1) is 11.2. The van der Waals surface area contributed by atoms with Crippen molar-refractivity contribution in [1.82, 2.24) is 0 Å². The molecule has 76 valence electrons. The van der Waals surface area contributed by atoms with E-state index in [1.54, 1.807) is 0 Å². The number of rotatable bonds is 3. The van der Waals surface area contributed by atoms with E-state index >= 15 is 0 Å². The molecule has 0 unspecified atom stereocenters. The Bertz CT molecular complexity index is 322. The van der Waals surface area contributed by atoms with Crippen LogP contribution in [-0.4, -0.2) is 23.8 Å².